The van der Waals surface area contributed by atoms with Crippen molar-refractivity contribution in [2.24, 2.45) is 0 Å². The van der Waals surface area contributed by atoms with E-state index in [0.29, 0.717) is 75.1 Å². The molecule has 0 saturated carbocycles. The molecule has 1 aromatic heterocycles. The van der Waals surface area contributed by atoms with Gasteiger partial charge in [-0.25, -0.2) is 24.8 Å². The Labute approximate surface area is 276 Å². The van der Waals surface area contributed by atoms with Gasteiger partial charge in [0, 0.05) is 83.2 Å². The molecule has 2 aromatic carbocycles. The molecule has 13 heteroatoms. The maximum absolute atomic E-state index is 14.0. The fourth-order valence-electron chi connectivity index (χ4n) is 6.28. The van der Waals surface area contributed by atoms with E-state index < -0.39 is 0 Å². The Balaban J connectivity index is 1.14. The van der Waals surface area contributed by atoms with E-state index in [1.807, 2.05) is 35.4 Å². The summed E-state index contributed by atoms with van der Waals surface area (Å²) in [6.07, 6.45) is 6.43. The highest BCUT2D eigenvalue weighted by Crippen LogP contribution is 2.33. The lowest BCUT2D eigenvalue weighted by atomic mass is 10.0. The summed E-state index contributed by atoms with van der Waals surface area (Å²) in [5.74, 6) is 1.95. The zero-order valence-electron chi connectivity index (χ0n) is 27.2. The molecule has 1 unspecified atom stereocenters. The van der Waals surface area contributed by atoms with Crippen LogP contribution in [0.2, 0.25) is 0 Å². The number of rotatable bonds is 11. The zero-order valence-corrected chi connectivity index (χ0v) is 27.2. The molecule has 3 fully saturated rings. The fraction of sp³-hybridized carbons (Fsp3) is 0.529. The lowest BCUT2D eigenvalue weighted by Crippen LogP contribution is -2.60. The summed E-state index contributed by atoms with van der Waals surface area (Å²) in [4.78, 5) is 27.6. The number of amides is 2. The predicted octanol–water partition coefficient (Wildman–Crippen LogP) is 3.01. The number of anilines is 2. The summed E-state index contributed by atoms with van der Waals surface area (Å²) in [5.41, 5.74) is 2.11. The first-order chi connectivity index (χ1) is 23.1. The van der Waals surface area contributed by atoms with E-state index in [-0.39, 0.29) is 6.03 Å². The minimum atomic E-state index is -0.0677. The molecular weight excluding hydrogens is 598 g/mol. The van der Waals surface area contributed by atoms with Crippen LogP contribution >= 0.6 is 0 Å². The van der Waals surface area contributed by atoms with Crippen molar-refractivity contribution in [2.45, 2.75) is 31.7 Å². The molecule has 0 bridgehead atoms. The van der Waals surface area contributed by atoms with E-state index in [0.717, 1.165) is 55.7 Å². The second-order valence-electron chi connectivity index (χ2n) is 12.1. The number of carbonyl (C=O) groups is 1. The van der Waals surface area contributed by atoms with Gasteiger partial charge >= 0.3 is 6.03 Å². The van der Waals surface area contributed by atoms with E-state index in [2.05, 4.69) is 26.6 Å². The number of methoxy groups -OCH3 is 1. The fourth-order valence-corrected chi connectivity index (χ4v) is 6.28. The van der Waals surface area contributed by atoms with E-state index in [9.17, 15) is 10.1 Å². The summed E-state index contributed by atoms with van der Waals surface area (Å²) >= 11 is 0. The first-order valence-corrected chi connectivity index (χ1v) is 16.7. The number of urea groups is 1. The van der Waals surface area contributed by atoms with Gasteiger partial charge in [-0.3, -0.25) is 0 Å². The molecule has 0 radical (unpaired) electrons. The van der Waals surface area contributed by atoms with E-state index in [1.54, 1.807) is 24.3 Å². The Hall–Kier alpha value is -4.22. The van der Waals surface area contributed by atoms with E-state index in [4.69, 9.17) is 24.2 Å². The van der Waals surface area contributed by atoms with Crippen molar-refractivity contribution < 1.29 is 19.0 Å². The zero-order chi connectivity index (χ0) is 32.4. The molecule has 4 heterocycles. The van der Waals surface area contributed by atoms with Crippen LogP contribution in [0.4, 0.5) is 16.4 Å². The molecule has 2 N–H and O–H groups in total. The Kier molecular flexibility index (Phi) is 11.2. The number of hydrazine groups is 1. The van der Waals surface area contributed by atoms with Crippen molar-refractivity contribution in [2.75, 3.05) is 95.7 Å². The molecule has 1 atom stereocenters. The van der Waals surface area contributed by atoms with Crippen LogP contribution in [-0.2, 0) is 4.74 Å². The van der Waals surface area contributed by atoms with Crippen molar-refractivity contribution in [3.8, 4) is 17.6 Å². The summed E-state index contributed by atoms with van der Waals surface area (Å²) in [5, 5.41) is 20.9. The van der Waals surface area contributed by atoms with Crippen molar-refractivity contribution in [3.63, 3.8) is 0 Å². The topological polar surface area (TPSA) is 131 Å². The van der Waals surface area contributed by atoms with Crippen molar-refractivity contribution >= 4 is 28.6 Å². The van der Waals surface area contributed by atoms with Crippen LogP contribution in [0.1, 0.15) is 31.2 Å². The number of hydrogen-bond acceptors (Lipinski definition) is 11. The first kappa shape index (κ1) is 32.7. The van der Waals surface area contributed by atoms with Crippen LogP contribution < -0.4 is 30.0 Å². The quantitative estimate of drug-likeness (QED) is 0.299. The first-order valence-electron chi connectivity index (χ1n) is 16.7. The second kappa shape index (κ2) is 16.1. The van der Waals surface area contributed by atoms with Gasteiger partial charge in [-0.2, -0.15) is 5.26 Å². The highest BCUT2D eigenvalue weighted by Gasteiger charge is 2.31. The number of ether oxygens (including phenoxy) is 3. The molecule has 6 rings (SSSR count). The Morgan fingerprint density at radius 3 is 2.47 bits per heavy atom. The van der Waals surface area contributed by atoms with Crippen molar-refractivity contribution in [1.29, 1.82) is 5.26 Å². The van der Waals surface area contributed by atoms with E-state index in [1.165, 1.54) is 19.3 Å². The van der Waals surface area contributed by atoms with Crippen LogP contribution in [-0.4, -0.2) is 118 Å². The number of piperidine rings is 1. The van der Waals surface area contributed by atoms with Gasteiger partial charge in [0.2, 0.25) is 5.95 Å². The minimum Gasteiger partial charge on any atom is -0.490 e. The molecule has 0 spiro atoms. The number of carbonyl (C=O) groups excluding carboxylic acids is 1. The average Bonchev–Trinajstić information content (AvgIpc) is 3.13. The summed E-state index contributed by atoms with van der Waals surface area (Å²) < 4.78 is 17.5. The van der Waals surface area contributed by atoms with Crippen LogP contribution in [0.5, 0.6) is 11.5 Å². The predicted molar refractivity (Wildman–Crippen MR) is 180 cm³/mol. The molecule has 250 valence electrons. The number of piperazine rings is 2. The van der Waals surface area contributed by atoms with Crippen LogP contribution in [0, 0.1) is 11.3 Å². The smallest absolute Gasteiger partial charge is 0.339 e. The monoisotopic (exact) mass is 643 g/mol. The van der Waals surface area contributed by atoms with Crippen molar-refractivity contribution in [3.05, 3.63) is 48.2 Å². The SMILES string of the molecule is COCCOc1cc2cnc(N3CCN(C(=O)N(c4ccc(C#N)cc4)N4CCNCC4)CC3)nc2cc1OCCC1CCCCN1. The molecule has 0 aliphatic carbocycles. The van der Waals surface area contributed by atoms with Gasteiger partial charge in [-0.1, -0.05) is 6.42 Å². The number of benzene rings is 2. The average molecular weight is 644 g/mol. The summed E-state index contributed by atoms with van der Waals surface area (Å²) in [7, 11) is 1.65. The van der Waals surface area contributed by atoms with Gasteiger partial charge in [0.15, 0.2) is 11.5 Å². The maximum Gasteiger partial charge on any atom is 0.339 e. The lowest BCUT2D eigenvalue weighted by molar-refractivity contribution is 0.143. The van der Waals surface area contributed by atoms with Crippen LogP contribution in [0.3, 0.4) is 0 Å². The molecular formula is C34H45N9O4. The standard InChI is InChI=1S/C34H45N9O4/c1-45-20-21-47-31-22-27-25-38-33(39-30(27)23-32(31)46-19-9-28-4-2-3-10-37-28)40-15-17-41(18-16-40)34(44)43(42-13-11-36-12-14-42)29-7-5-26(24-35)6-8-29/h5-8,22-23,25,28,36-37H,2-4,9-21H2,1H3. The molecule has 3 aliphatic heterocycles. The Morgan fingerprint density at radius 2 is 1.74 bits per heavy atom. The summed E-state index contributed by atoms with van der Waals surface area (Å²) in [6, 6.07) is 13.7. The van der Waals surface area contributed by atoms with Crippen molar-refractivity contribution in [1.82, 2.24) is 30.5 Å². The molecule has 3 aliphatic rings. The minimum absolute atomic E-state index is 0.0677. The third kappa shape index (κ3) is 8.20. The maximum atomic E-state index is 14.0. The lowest BCUT2D eigenvalue weighted by Gasteiger charge is -2.42. The number of nitrogens with zero attached hydrogens (tertiary/aromatic N) is 7. The highest BCUT2D eigenvalue weighted by atomic mass is 16.5. The molecule has 2 amide bonds. The number of nitriles is 1. The number of fused-ring (bicyclic) bond motifs is 1. The third-order valence-electron chi connectivity index (χ3n) is 8.95. The number of aromatic nitrogens is 2. The largest absolute Gasteiger partial charge is 0.490 e. The molecule has 3 saturated heterocycles. The van der Waals surface area contributed by atoms with Crippen LogP contribution in [0.25, 0.3) is 10.9 Å². The van der Waals surface area contributed by atoms with Gasteiger partial charge in [0.25, 0.3) is 0 Å². The number of nitrogens with one attached hydrogen (secondary N) is 2. The Bertz CT molecular complexity index is 1510. The Morgan fingerprint density at radius 1 is 0.979 bits per heavy atom. The van der Waals surface area contributed by atoms with Gasteiger partial charge in [0.05, 0.1) is 36.1 Å². The van der Waals surface area contributed by atoms with E-state index >= 15 is 0 Å². The normalized spacial score (nSPS) is 18.9. The highest BCUT2D eigenvalue weighted by molar-refractivity contribution is 5.91. The van der Waals surface area contributed by atoms with Gasteiger partial charge in [-0.15, -0.1) is 0 Å². The van der Waals surface area contributed by atoms with Gasteiger partial charge < -0.3 is 34.6 Å². The summed E-state index contributed by atoms with van der Waals surface area (Å²) in [6.45, 7) is 7.89. The molecule has 47 heavy (non-hydrogen) atoms. The van der Waals surface area contributed by atoms with Gasteiger partial charge in [-0.05, 0) is 56.1 Å². The third-order valence-corrected chi connectivity index (χ3v) is 8.95. The number of hydrogen-bond donors (Lipinski definition) is 2. The second-order valence-corrected chi connectivity index (χ2v) is 12.1. The molecule has 13 nitrogen and oxygen atoms in total. The molecule has 3 aromatic rings. The van der Waals surface area contributed by atoms with Gasteiger partial charge in [0.1, 0.15) is 6.61 Å². The van der Waals surface area contributed by atoms with Crippen LogP contribution in [0.15, 0.2) is 42.6 Å².